The maximum absolute atomic E-state index is 11.7. The molecule has 22 heavy (non-hydrogen) atoms. The number of aliphatic hydroxyl groups is 1. The van der Waals surface area contributed by atoms with Gasteiger partial charge in [-0.3, -0.25) is 0 Å². The van der Waals surface area contributed by atoms with Crippen molar-refractivity contribution >= 4 is 6.03 Å². The van der Waals surface area contributed by atoms with Crippen molar-refractivity contribution in [2.75, 3.05) is 6.54 Å². The number of nitrogens with one attached hydrogen (secondary N) is 2. The van der Waals surface area contributed by atoms with Crippen LogP contribution in [0.1, 0.15) is 28.5 Å². The predicted octanol–water partition coefficient (Wildman–Crippen LogP) is 1.63. The summed E-state index contributed by atoms with van der Waals surface area (Å²) in [4.78, 5) is 11.7. The summed E-state index contributed by atoms with van der Waals surface area (Å²) in [6.07, 6.45) is 0.838. The summed E-state index contributed by atoms with van der Waals surface area (Å²) in [6, 6.07) is 9.04. The minimum Gasteiger partial charge on any atom is -0.387 e. The van der Waals surface area contributed by atoms with Crippen LogP contribution >= 0.6 is 0 Å². The highest BCUT2D eigenvalue weighted by molar-refractivity contribution is 5.73. The van der Waals surface area contributed by atoms with Crippen LogP contribution in [0.15, 0.2) is 36.5 Å². The molecule has 6 nitrogen and oxygen atoms in total. The summed E-state index contributed by atoms with van der Waals surface area (Å²) in [5.41, 5.74) is 3.64. The largest absolute Gasteiger partial charge is 0.387 e. The van der Waals surface area contributed by atoms with Gasteiger partial charge in [0.15, 0.2) is 0 Å². The molecule has 0 radical (unpaired) electrons. The molecule has 0 saturated heterocycles. The lowest BCUT2D eigenvalue weighted by Gasteiger charge is -2.14. The second-order valence-corrected chi connectivity index (χ2v) is 5.22. The molecule has 6 heteroatoms. The van der Waals surface area contributed by atoms with Gasteiger partial charge in [-0.1, -0.05) is 29.3 Å². The molecule has 2 amide bonds. The van der Waals surface area contributed by atoms with Crippen LogP contribution in [0.3, 0.4) is 0 Å². The van der Waals surface area contributed by atoms with Gasteiger partial charge in [0.2, 0.25) is 0 Å². The lowest BCUT2D eigenvalue weighted by Crippen LogP contribution is -2.37. The van der Waals surface area contributed by atoms with E-state index in [0.29, 0.717) is 12.2 Å². The van der Waals surface area contributed by atoms with Gasteiger partial charge in [-0.15, -0.1) is 0 Å². The molecule has 0 bridgehead atoms. The molecule has 0 aliphatic heterocycles. The zero-order valence-electron chi connectivity index (χ0n) is 12.7. The van der Waals surface area contributed by atoms with Gasteiger partial charge in [0, 0.05) is 12.7 Å². The van der Waals surface area contributed by atoms with Gasteiger partial charge in [-0.2, -0.15) is 10.2 Å². The fourth-order valence-electron chi connectivity index (χ4n) is 2.17. The monoisotopic (exact) mass is 300 g/mol. The maximum Gasteiger partial charge on any atom is 0.315 e. The molecule has 1 aromatic heterocycles. The van der Waals surface area contributed by atoms with E-state index in [0.717, 1.165) is 16.7 Å². The number of amides is 2. The first-order valence-corrected chi connectivity index (χ1v) is 7.09. The minimum atomic E-state index is -0.735. The summed E-state index contributed by atoms with van der Waals surface area (Å²) in [5.74, 6) is 0. The van der Waals surface area contributed by atoms with E-state index in [2.05, 4.69) is 20.8 Å². The number of hydrogen-bond acceptors (Lipinski definition) is 4. The molecule has 0 aliphatic rings. The van der Waals surface area contributed by atoms with Gasteiger partial charge >= 0.3 is 6.03 Å². The van der Waals surface area contributed by atoms with E-state index in [9.17, 15) is 9.90 Å². The average Bonchev–Trinajstić information content (AvgIpc) is 2.50. The van der Waals surface area contributed by atoms with Crippen LogP contribution in [0.5, 0.6) is 0 Å². The van der Waals surface area contributed by atoms with Gasteiger partial charge < -0.3 is 15.7 Å². The summed E-state index contributed by atoms with van der Waals surface area (Å²) in [6.45, 7) is 4.39. The van der Waals surface area contributed by atoms with Crippen molar-refractivity contribution in [3.05, 3.63) is 58.9 Å². The van der Waals surface area contributed by atoms with Gasteiger partial charge in [0.25, 0.3) is 0 Å². The molecule has 3 N–H and O–H groups in total. The lowest BCUT2D eigenvalue weighted by atomic mass is 10.0. The topological polar surface area (TPSA) is 87.1 Å². The molecule has 1 heterocycles. The zero-order valence-corrected chi connectivity index (χ0v) is 12.7. The molecule has 0 unspecified atom stereocenters. The third-order valence-corrected chi connectivity index (χ3v) is 3.14. The maximum atomic E-state index is 11.7. The number of aryl methyl sites for hydroxylation is 2. The molecule has 2 aromatic rings. The molecular formula is C16H20N4O2. The number of aromatic nitrogens is 2. The zero-order chi connectivity index (χ0) is 15.9. The Morgan fingerprint density at radius 3 is 2.59 bits per heavy atom. The van der Waals surface area contributed by atoms with Crippen molar-refractivity contribution in [3.63, 3.8) is 0 Å². The molecule has 0 saturated carbocycles. The summed E-state index contributed by atoms with van der Waals surface area (Å²) < 4.78 is 0. The average molecular weight is 300 g/mol. The molecule has 2 rings (SSSR count). The van der Waals surface area contributed by atoms with Crippen LogP contribution in [-0.4, -0.2) is 27.9 Å². The van der Waals surface area contributed by atoms with Crippen molar-refractivity contribution in [1.29, 1.82) is 0 Å². The van der Waals surface area contributed by atoms with Crippen LogP contribution in [0, 0.1) is 13.8 Å². The Hall–Kier alpha value is -2.47. The summed E-state index contributed by atoms with van der Waals surface area (Å²) in [7, 11) is 0. The number of hydrogen-bond donors (Lipinski definition) is 3. The van der Waals surface area contributed by atoms with E-state index >= 15 is 0 Å². The van der Waals surface area contributed by atoms with Crippen LogP contribution in [0.25, 0.3) is 0 Å². The molecule has 1 atom stereocenters. The molecule has 0 spiro atoms. The number of nitrogens with zero attached hydrogens (tertiary/aromatic N) is 2. The van der Waals surface area contributed by atoms with E-state index in [-0.39, 0.29) is 12.6 Å². The molecule has 1 aromatic carbocycles. The summed E-state index contributed by atoms with van der Waals surface area (Å²) in [5, 5.41) is 23.0. The number of urea groups is 1. The number of benzene rings is 1. The van der Waals surface area contributed by atoms with E-state index in [1.165, 1.54) is 0 Å². The Labute approximate surface area is 129 Å². The lowest BCUT2D eigenvalue weighted by molar-refractivity contribution is 0.173. The second kappa shape index (κ2) is 7.51. The third kappa shape index (κ3) is 4.82. The Balaban J connectivity index is 1.80. The van der Waals surface area contributed by atoms with Crippen LogP contribution < -0.4 is 10.6 Å². The van der Waals surface area contributed by atoms with E-state index < -0.39 is 6.10 Å². The SMILES string of the molecule is Cc1cc(C)cc([C@H](O)CNC(=O)NCc2cccnn2)c1. The van der Waals surface area contributed by atoms with Crippen LogP contribution in [0.4, 0.5) is 4.79 Å². The first kappa shape index (κ1) is 15.9. The van der Waals surface area contributed by atoms with Gasteiger partial charge in [0.05, 0.1) is 18.3 Å². The van der Waals surface area contributed by atoms with Crippen molar-refractivity contribution in [3.8, 4) is 0 Å². The Morgan fingerprint density at radius 1 is 1.23 bits per heavy atom. The molecule has 116 valence electrons. The summed E-state index contributed by atoms with van der Waals surface area (Å²) >= 11 is 0. The first-order valence-electron chi connectivity index (χ1n) is 7.09. The van der Waals surface area contributed by atoms with Gasteiger partial charge in [-0.25, -0.2) is 4.79 Å². The quantitative estimate of drug-likeness (QED) is 0.783. The van der Waals surface area contributed by atoms with Gasteiger partial charge in [0.1, 0.15) is 0 Å². The van der Waals surface area contributed by atoms with E-state index in [4.69, 9.17) is 0 Å². The van der Waals surface area contributed by atoms with Crippen LogP contribution in [-0.2, 0) is 6.54 Å². The highest BCUT2D eigenvalue weighted by Crippen LogP contribution is 2.16. The number of carbonyl (C=O) groups is 1. The third-order valence-electron chi connectivity index (χ3n) is 3.14. The fourth-order valence-corrected chi connectivity index (χ4v) is 2.17. The molecule has 0 fully saturated rings. The second-order valence-electron chi connectivity index (χ2n) is 5.22. The predicted molar refractivity (Wildman–Crippen MR) is 83.1 cm³/mol. The van der Waals surface area contributed by atoms with E-state index in [1.54, 1.807) is 18.3 Å². The Morgan fingerprint density at radius 2 is 1.95 bits per heavy atom. The first-order chi connectivity index (χ1) is 10.5. The molecular weight excluding hydrogens is 280 g/mol. The Kier molecular flexibility index (Phi) is 5.43. The van der Waals surface area contributed by atoms with Crippen molar-refractivity contribution in [2.45, 2.75) is 26.5 Å². The van der Waals surface area contributed by atoms with Crippen molar-refractivity contribution < 1.29 is 9.90 Å². The number of carbonyl (C=O) groups excluding carboxylic acids is 1. The fraction of sp³-hybridized carbons (Fsp3) is 0.312. The molecule has 0 aliphatic carbocycles. The standard InChI is InChI=1S/C16H20N4O2/c1-11-6-12(2)8-13(7-11)15(21)10-18-16(22)17-9-14-4-3-5-19-20-14/h3-8,15,21H,9-10H2,1-2H3,(H2,17,18,22)/t15-/m1/s1. The minimum absolute atomic E-state index is 0.148. The number of rotatable bonds is 5. The van der Waals surface area contributed by atoms with Crippen LogP contribution in [0.2, 0.25) is 0 Å². The smallest absolute Gasteiger partial charge is 0.315 e. The normalized spacial score (nSPS) is 11.8. The van der Waals surface area contributed by atoms with Gasteiger partial charge in [-0.05, 0) is 31.5 Å². The van der Waals surface area contributed by atoms with Crippen molar-refractivity contribution in [1.82, 2.24) is 20.8 Å². The van der Waals surface area contributed by atoms with Crippen molar-refractivity contribution in [2.24, 2.45) is 0 Å². The van der Waals surface area contributed by atoms with E-state index in [1.807, 2.05) is 32.0 Å². The highest BCUT2D eigenvalue weighted by atomic mass is 16.3. The Bertz CT molecular complexity index is 611. The number of aliphatic hydroxyl groups excluding tert-OH is 1. The highest BCUT2D eigenvalue weighted by Gasteiger charge is 2.10.